The number of ether oxygens (including phenoxy) is 2. The van der Waals surface area contributed by atoms with E-state index in [0.717, 1.165) is 11.3 Å². The van der Waals surface area contributed by atoms with Crippen molar-refractivity contribution in [2.45, 2.75) is 44.1 Å². The molecule has 0 saturated heterocycles. The molecule has 4 nitrogen and oxygen atoms in total. The van der Waals surface area contributed by atoms with Gasteiger partial charge in [-0.1, -0.05) is 112 Å². The maximum Gasteiger partial charge on any atom is 0.261 e. The summed E-state index contributed by atoms with van der Waals surface area (Å²) in [7, 11) is -1.07. The van der Waals surface area contributed by atoms with Crippen molar-refractivity contribution in [3.8, 4) is 5.75 Å². The zero-order valence-corrected chi connectivity index (χ0v) is 21.3. The van der Waals surface area contributed by atoms with Crippen LogP contribution in [0.1, 0.15) is 32.4 Å². The SMILES string of the molecule is COc1ccccc1[C@@H]1C=C[C@@H](O)[C@@H](CO[Si](c2ccccc2)(c2ccccc2)C(C)(C)C)O1. The van der Waals surface area contributed by atoms with E-state index in [2.05, 4.69) is 69.3 Å². The molecule has 4 rings (SSSR count). The summed E-state index contributed by atoms with van der Waals surface area (Å²) < 4.78 is 18.9. The van der Waals surface area contributed by atoms with Gasteiger partial charge in [0.1, 0.15) is 24.1 Å². The number of aliphatic hydroxyl groups excluding tert-OH is 1. The van der Waals surface area contributed by atoms with Crippen LogP contribution in [0.3, 0.4) is 0 Å². The molecule has 0 fully saturated rings. The standard InChI is InChI=1S/C29H34O4Si/c1-29(2,3)34(22-13-7-5-8-14-22,23-15-9-6-10-16-23)32-21-28-25(30)19-20-27(33-28)24-17-11-12-18-26(24)31-4/h5-20,25,27-28,30H,21H2,1-4H3/t25-,27+,28-/m1/s1. The van der Waals surface area contributed by atoms with Crippen LogP contribution in [-0.2, 0) is 9.16 Å². The molecule has 1 N–H and O–H groups in total. The molecule has 1 heterocycles. The highest BCUT2D eigenvalue weighted by Gasteiger charge is 2.50. The lowest BCUT2D eigenvalue weighted by molar-refractivity contribution is -0.0779. The normalized spacial score (nSPS) is 20.8. The average molecular weight is 475 g/mol. The highest BCUT2D eigenvalue weighted by atomic mass is 28.4. The van der Waals surface area contributed by atoms with Gasteiger partial charge in [-0.2, -0.15) is 0 Å². The van der Waals surface area contributed by atoms with E-state index in [0.29, 0.717) is 0 Å². The third-order valence-corrected chi connectivity index (χ3v) is 11.5. The zero-order valence-electron chi connectivity index (χ0n) is 20.3. The molecule has 0 aromatic heterocycles. The van der Waals surface area contributed by atoms with Gasteiger partial charge in [-0.05, 0) is 21.5 Å². The maximum absolute atomic E-state index is 10.8. The van der Waals surface area contributed by atoms with Gasteiger partial charge in [-0.15, -0.1) is 0 Å². The number of aliphatic hydroxyl groups is 1. The lowest BCUT2D eigenvalue weighted by atomic mass is 10.0. The molecule has 0 aliphatic carbocycles. The number of hydrogen-bond acceptors (Lipinski definition) is 4. The quantitative estimate of drug-likeness (QED) is 0.401. The molecule has 1 aliphatic rings. The first-order valence-electron chi connectivity index (χ1n) is 11.8. The van der Waals surface area contributed by atoms with E-state index >= 15 is 0 Å². The zero-order chi connectivity index (χ0) is 24.2. The van der Waals surface area contributed by atoms with E-state index in [-0.39, 0.29) is 17.7 Å². The second kappa shape index (κ2) is 10.3. The Morgan fingerprint density at radius 3 is 1.94 bits per heavy atom. The molecular weight excluding hydrogens is 440 g/mol. The van der Waals surface area contributed by atoms with Crippen LogP contribution in [-0.4, -0.2) is 39.3 Å². The van der Waals surface area contributed by atoms with E-state index in [1.165, 1.54) is 10.4 Å². The van der Waals surface area contributed by atoms with Crippen molar-refractivity contribution in [1.29, 1.82) is 0 Å². The number of rotatable bonds is 7. The van der Waals surface area contributed by atoms with Crippen LogP contribution in [0.15, 0.2) is 97.1 Å². The van der Waals surface area contributed by atoms with Gasteiger partial charge in [-0.3, -0.25) is 0 Å². The molecule has 3 atom stereocenters. The second-order valence-corrected chi connectivity index (χ2v) is 14.0. The van der Waals surface area contributed by atoms with Crippen molar-refractivity contribution < 1.29 is 19.0 Å². The van der Waals surface area contributed by atoms with E-state index < -0.39 is 20.5 Å². The van der Waals surface area contributed by atoms with E-state index in [1.54, 1.807) is 13.2 Å². The average Bonchev–Trinajstić information content (AvgIpc) is 2.86. The van der Waals surface area contributed by atoms with E-state index in [1.807, 2.05) is 42.5 Å². The van der Waals surface area contributed by atoms with Crippen LogP contribution in [0, 0.1) is 0 Å². The van der Waals surface area contributed by atoms with Crippen LogP contribution < -0.4 is 15.1 Å². The molecule has 34 heavy (non-hydrogen) atoms. The van der Waals surface area contributed by atoms with Crippen LogP contribution in [0.25, 0.3) is 0 Å². The Labute approximate surface area is 204 Å². The Bertz CT molecular complexity index is 1050. The van der Waals surface area contributed by atoms with Crippen molar-refractivity contribution in [2.75, 3.05) is 13.7 Å². The topological polar surface area (TPSA) is 47.9 Å². The summed E-state index contributed by atoms with van der Waals surface area (Å²) in [5.74, 6) is 0.764. The van der Waals surface area contributed by atoms with Gasteiger partial charge in [0.2, 0.25) is 0 Å². The number of para-hydroxylation sites is 1. The van der Waals surface area contributed by atoms with Crippen LogP contribution in [0.5, 0.6) is 5.75 Å². The number of methoxy groups -OCH3 is 1. The number of benzene rings is 3. The molecule has 1 aliphatic heterocycles. The van der Waals surface area contributed by atoms with Crippen molar-refractivity contribution in [1.82, 2.24) is 0 Å². The Hall–Kier alpha value is -2.70. The predicted octanol–water partition coefficient (Wildman–Crippen LogP) is 4.63. The van der Waals surface area contributed by atoms with E-state index in [4.69, 9.17) is 13.9 Å². The fourth-order valence-electron chi connectivity index (χ4n) is 4.84. The molecule has 0 bridgehead atoms. The van der Waals surface area contributed by atoms with Crippen LogP contribution >= 0.6 is 0 Å². The van der Waals surface area contributed by atoms with E-state index in [9.17, 15) is 5.11 Å². The largest absolute Gasteiger partial charge is 0.496 e. The molecule has 3 aromatic carbocycles. The fourth-order valence-corrected chi connectivity index (χ4v) is 9.41. The summed E-state index contributed by atoms with van der Waals surface area (Å²) in [4.78, 5) is 0. The third kappa shape index (κ3) is 4.75. The lowest BCUT2D eigenvalue weighted by Crippen LogP contribution is -2.67. The van der Waals surface area contributed by atoms with Gasteiger partial charge in [0.25, 0.3) is 8.32 Å². The Balaban J connectivity index is 1.67. The minimum atomic E-state index is -2.72. The van der Waals surface area contributed by atoms with Crippen molar-refractivity contribution in [3.63, 3.8) is 0 Å². The van der Waals surface area contributed by atoms with Crippen LogP contribution in [0.2, 0.25) is 5.04 Å². The van der Waals surface area contributed by atoms with Gasteiger partial charge < -0.3 is 19.0 Å². The maximum atomic E-state index is 10.8. The Kier molecular flexibility index (Phi) is 7.38. The summed E-state index contributed by atoms with van der Waals surface area (Å²) >= 11 is 0. The van der Waals surface area contributed by atoms with Gasteiger partial charge in [0.15, 0.2) is 0 Å². The highest BCUT2D eigenvalue weighted by molar-refractivity contribution is 6.99. The Morgan fingerprint density at radius 1 is 0.824 bits per heavy atom. The summed E-state index contributed by atoms with van der Waals surface area (Å²) in [6.07, 6.45) is 2.14. The van der Waals surface area contributed by atoms with Gasteiger partial charge in [-0.25, -0.2) is 0 Å². The monoisotopic (exact) mass is 474 g/mol. The van der Waals surface area contributed by atoms with Crippen molar-refractivity contribution >= 4 is 18.7 Å². The molecule has 0 radical (unpaired) electrons. The number of hydrogen-bond donors (Lipinski definition) is 1. The summed E-state index contributed by atoms with van der Waals surface area (Å²) in [5, 5.41) is 13.1. The predicted molar refractivity (Wildman–Crippen MR) is 139 cm³/mol. The van der Waals surface area contributed by atoms with Crippen LogP contribution in [0.4, 0.5) is 0 Å². The summed E-state index contributed by atoms with van der Waals surface area (Å²) in [5.41, 5.74) is 0.934. The Morgan fingerprint density at radius 2 is 1.38 bits per heavy atom. The molecule has 0 amide bonds. The summed E-state index contributed by atoms with van der Waals surface area (Å²) in [6, 6.07) is 28.8. The lowest BCUT2D eigenvalue weighted by Gasteiger charge is -2.44. The molecule has 0 spiro atoms. The van der Waals surface area contributed by atoms with Gasteiger partial charge in [0.05, 0.1) is 13.7 Å². The fraction of sp³-hybridized carbons (Fsp3) is 0.310. The third-order valence-electron chi connectivity index (χ3n) is 6.51. The minimum absolute atomic E-state index is 0.146. The first-order chi connectivity index (χ1) is 16.4. The first-order valence-corrected chi connectivity index (χ1v) is 13.7. The van der Waals surface area contributed by atoms with Gasteiger partial charge >= 0.3 is 0 Å². The molecule has 0 unspecified atom stereocenters. The van der Waals surface area contributed by atoms with Crippen molar-refractivity contribution in [2.24, 2.45) is 0 Å². The summed E-state index contributed by atoms with van der Waals surface area (Å²) in [6.45, 7) is 7.02. The second-order valence-electron chi connectivity index (χ2n) is 9.69. The molecular formula is C29H34O4Si. The highest BCUT2D eigenvalue weighted by Crippen LogP contribution is 2.38. The smallest absolute Gasteiger partial charge is 0.261 e. The molecule has 3 aromatic rings. The minimum Gasteiger partial charge on any atom is -0.496 e. The van der Waals surface area contributed by atoms with Crippen molar-refractivity contribution in [3.05, 3.63) is 103 Å². The first kappa shape index (κ1) is 24.4. The molecule has 178 valence electrons. The molecule has 0 saturated carbocycles. The van der Waals surface area contributed by atoms with Gasteiger partial charge in [0, 0.05) is 5.56 Å². The molecule has 5 heteroatoms.